The number of carbonyl (C=O) groups is 1. The molecule has 0 unspecified atom stereocenters. The highest BCUT2D eigenvalue weighted by Crippen LogP contribution is 2.12. The van der Waals surface area contributed by atoms with E-state index in [9.17, 15) is 13.6 Å². The molecule has 100 valence electrons. The van der Waals surface area contributed by atoms with E-state index in [2.05, 4.69) is 5.32 Å². The molecule has 0 spiro atoms. The maximum atomic E-state index is 13.3. The van der Waals surface area contributed by atoms with Crippen LogP contribution in [0.2, 0.25) is 0 Å². The molecule has 18 heavy (non-hydrogen) atoms. The van der Waals surface area contributed by atoms with Crippen LogP contribution in [0.15, 0.2) is 18.2 Å². The number of hydrogen-bond donors (Lipinski definition) is 2. The summed E-state index contributed by atoms with van der Waals surface area (Å²) in [6.45, 7) is 3.49. The second-order valence-corrected chi connectivity index (χ2v) is 4.41. The third-order valence-electron chi connectivity index (χ3n) is 2.91. The average molecular weight is 257 g/mol. The summed E-state index contributed by atoms with van der Waals surface area (Å²) in [4.78, 5) is 11.6. The first kappa shape index (κ1) is 14.6. The van der Waals surface area contributed by atoms with Gasteiger partial charge in [-0.2, -0.15) is 0 Å². The molecule has 2 N–H and O–H groups in total. The zero-order chi connectivity index (χ0) is 13.7. The lowest BCUT2D eigenvalue weighted by atomic mass is 10.0. The number of hydrogen-bond acceptors (Lipinski definition) is 2. The molecule has 0 bridgehead atoms. The molecule has 0 aliphatic rings. The lowest BCUT2D eigenvalue weighted by molar-refractivity contribution is -0.121. The molecule has 0 aliphatic carbocycles. The third-order valence-corrected chi connectivity index (χ3v) is 2.91. The molecule has 1 amide bonds. The van der Waals surface area contributed by atoms with E-state index in [4.69, 9.17) is 5.11 Å². The normalized spacial score (nSPS) is 14.1. The van der Waals surface area contributed by atoms with Gasteiger partial charge in [-0.25, -0.2) is 8.78 Å². The van der Waals surface area contributed by atoms with Crippen LogP contribution in [0.5, 0.6) is 0 Å². The van der Waals surface area contributed by atoms with E-state index in [1.54, 1.807) is 13.8 Å². The van der Waals surface area contributed by atoms with Crippen molar-refractivity contribution in [3.05, 3.63) is 35.4 Å². The van der Waals surface area contributed by atoms with Crippen LogP contribution in [-0.2, 0) is 11.2 Å². The van der Waals surface area contributed by atoms with Crippen LogP contribution in [0, 0.1) is 17.6 Å². The Balaban J connectivity index is 2.62. The van der Waals surface area contributed by atoms with Crippen molar-refractivity contribution in [3.63, 3.8) is 0 Å². The first-order chi connectivity index (χ1) is 8.45. The largest absolute Gasteiger partial charge is 0.396 e. The van der Waals surface area contributed by atoms with Crippen LogP contribution >= 0.6 is 0 Å². The van der Waals surface area contributed by atoms with Gasteiger partial charge < -0.3 is 10.4 Å². The summed E-state index contributed by atoms with van der Waals surface area (Å²) in [6.07, 6.45) is -0.216. The lowest BCUT2D eigenvalue weighted by Crippen LogP contribution is -2.39. The highest BCUT2D eigenvalue weighted by Gasteiger charge is 2.16. The number of nitrogens with one attached hydrogen (secondary N) is 1. The average Bonchev–Trinajstić information content (AvgIpc) is 2.33. The first-order valence-electron chi connectivity index (χ1n) is 5.78. The SMILES string of the molecule is C[C@H](CO)[C@H](C)NC(=O)Cc1cccc(F)c1F. The minimum Gasteiger partial charge on any atom is -0.396 e. The number of rotatable bonds is 5. The summed E-state index contributed by atoms with van der Waals surface area (Å²) < 4.78 is 26.3. The van der Waals surface area contributed by atoms with E-state index >= 15 is 0 Å². The van der Waals surface area contributed by atoms with Crippen LogP contribution in [0.3, 0.4) is 0 Å². The molecule has 1 aromatic carbocycles. The summed E-state index contributed by atoms with van der Waals surface area (Å²) in [6, 6.07) is 3.52. The van der Waals surface area contributed by atoms with Gasteiger partial charge >= 0.3 is 0 Å². The van der Waals surface area contributed by atoms with Gasteiger partial charge in [-0.15, -0.1) is 0 Å². The van der Waals surface area contributed by atoms with E-state index in [0.29, 0.717) is 0 Å². The fourth-order valence-electron chi connectivity index (χ4n) is 1.46. The number of amides is 1. The van der Waals surface area contributed by atoms with Gasteiger partial charge in [0.15, 0.2) is 11.6 Å². The zero-order valence-corrected chi connectivity index (χ0v) is 10.4. The van der Waals surface area contributed by atoms with Gasteiger partial charge in [-0.3, -0.25) is 4.79 Å². The highest BCUT2D eigenvalue weighted by atomic mass is 19.2. The van der Waals surface area contributed by atoms with E-state index in [0.717, 1.165) is 6.07 Å². The molecule has 1 aromatic rings. The molecule has 0 aromatic heterocycles. The number of carbonyl (C=O) groups excluding carboxylic acids is 1. The Kier molecular flexibility index (Phi) is 5.22. The Morgan fingerprint density at radius 2 is 2.06 bits per heavy atom. The number of halogens is 2. The molecule has 0 heterocycles. The molecule has 0 saturated heterocycles. The summed E-state index contributed by atoms with van der Waals surface area (Å²) in [5.41, 5.74) is 0.0244. The van der Waals surface area contributed by atoms with Crippen LogP contribution in [0.1, 0.15) is 19.4 Å². The van der Waals surface area contributed by atoms with Gasteiger partial charge in [-0.1, -0.05) is 19.1 Å². The zero-order valence-electron chi connectivity index (χ0n) is 10.4. The Morgan fingerprint density at radius 1 is 1.39 bits per heavy atom. The molecule has 3 nitrogen and oxygen atoms in total. The van der Waals surface area contributed by atoms with Crippen LogP contribution < -0.4 is 5.32 Å². The molecule has 2 atom stereocenters. The summed E-state index contributed by atoms with van der Waals surface area (Å²) in [5, 5.41) is 11.6. The number of aliphatic hydroxyl groups excluding tert-OH is 1. The van der Waals surface area contributed by atoms with Crippen molar-refractivity contribution in [1.82, 2.24) is 5.32 Å². The van der Waals surface area contributed by atoms with Gasteiger partial charge in [0.05, 0.1) is 6.42 Å². The van der Waals surface area contributed by atoms with E-state index in [1.165, 1.54) is 12.1 Å². The second-order valence-electron chi connectivity index (χ2n) is 4.41. The third kappa shape index (κ3) is 3.77. The maximum Gasteiger partial charge on any atom is 0.224 e. The summed E-state index contributed by atoms with van der Waals surface area (Å²) in [7, 11) is 0. The minimum atomic E-state index is -0.990. The predicted octanol–water partition coefficient (Wildman–Crippen LogP) is 1.64. The van der Waals surface area contributed by atoms with Gasteiger partial charge in [-0.05, 0) is 18.9 Å². The molecule has 0 aliphatic heterocycles. The van der Waals surface area contributed by atoms with E-state index in [-0.39, 0.29) is 30.6 Å². The van der Waals surface area contributed by atoms with Crippen molar-refractivity contribution in [2.45, 2.75) is 26.3 Å². The van der Waals surface area contributed by atoms with Gasteiger partial charge in [0.25, 0.3) is 0 Å². The van der Waals surface area contributed by atoms with Gasteiger partial charge in [0.2, 0.25) is 5.91 Å². The van der Waals surface area contributed by atoms with Crippen molar-refractivity contribution in [3.8, 4) is 0 Å². The first-order valence-corrected chi connectivity index (χ1v) is 5.78. The van der Waals surface area contributed by atoms with Gasteiger partial charge in [0, 0.05) is 18.2 Å². The highest BCUT2D eigenvalue weighted by molar-refractivity contribution is 5.78. The standard InChI is InChI=1S/C13H17F2NO2/c1-8(7-17)9(2)16-12(18)6-10-4-3-5-11(14)13(10)15/h3-5,8-9,17H,6-7H2,1-2H3,(H,16,18)/t8-,9+/m1/s1. The molecule has 0 radical (unpaired) electrons. The van der Waals surface area contributed by atoms with Crippen molar-refractivity contribution < 1.29 is 18.7 Å². The van der Waals surface area contributed by atoms with E-state index in [1.807, 2.05) is 0 Å². The Morgan fingerprint density at radius 3 is 2.67 bits per heavy atom. The summed E-state index contributed by atoms with van der Waals surface area (Å²) in [5.74, 6) is -2.44. The minimum absolute atomic E-state index is 0.0244. The smallest absolute Gasteiger partial charge is 0.224 e. The number of aliphatic hydroxyl groups is 1. The lowest BCUT2D eigenvalue weighted by Gasteiger charge is -2.19. The second kappa shape index (κ2) is 6.44. The molecule has 1 rings (SSSR count). The maximum absolute atomic E-state index is 13.3. The van der Waals surface area contributed by atoms with Crippen molar-refractivity contribution in [1.29, 1.82) is 0 Å². The molecule has 0 saturated carbocycles. The molecule has 5 heteroatoms. The quantitative estimate of drug-likeness (QED) is 0.842. The van der Waals surface area contributed by atoms with Crippen molar-refractivity contribution in [2.75, 3.05) is 6.61 Å². The van der Waals surface area contributed by atoms with Crippen LogP contribution in [-0.4, -0.2) is 23.7 Å². The van der Waals surface area contributed by atoms with Crippen molar-refractivity contribution >= 4 is 5.91 Å². The monoisotopic (exact) mass is 257 g/mol. The predicted molar refractivity (Wildman–Crippen MR) is 63.9 cm³/mol. The molecule has 0 fully saturated rings. The van der Waals surface area contributed by atoms with Gasteiger partial charge in [0.1, 0.15) is 0 Å². The topological polar surface area (TPSA) is 49.3 Å². The summed E-state index contributed by atoms with van der Waals surface area (Å²) >= 11 is 0. The van der Waals surface area contributed by atoms with Crippen molar-refractivity contribution in [2.24, 2.45) is 5.92 Å². The Hall–Kier alpha value is -1.49. The fourth-order valence-corrected chi connectivity index (χ4v) is 1.46. The van der Waals surface area contributed by atoms with Crippen LogP contribution in [0.25, 0.3) is 0 Å². The fraction of sp³-hybridized carbons (Fsp3) is 0.462. The van der Waals surface area contributed by atoms with E-state index < -0.39 is 17.5 Å². The molecular weight excluding hydrogens is 240 g/mol. The molecular formula is C13H17F2NO2. The number of benzene rings is 1. The Labute approximate surface area is 105 Å². The Bertz CT molecular complexity index is 423. The van der Waals surface area contributed by atoms with Crippen LogP contribution in [0.4, 0.5) is 8.78 Å².